The average Bonchev–Trinajstić information content (AvgIpc) is 3.23. The molecule has 0 heterocycles. The summed E-state index contributed by atoms with van der Waals surface area (Å²) in [5.74, 6) is -2.13. The highest BCUT2D eigenvalue weighted by Gasteiger charge is 2.51. The summed E-state index contributed by atoms with van der Waals surface area (Å²) in [6.07, 6.45) is 2.81. The molecule has 7 nitrogen and oxygen atoms in total. The maximum absolute atomic E-state index is 11.8. The first-order valence-corrected chi connectivity index (χ1v) is 7.35. The van der Waals surface area contributed by atoms with Gasteiger partial charge in [-0.2, -0.15) is 0 Å². The predicted molar refractivity (Wildman–Crippen MR) is 79.7 cm³/mol. The maximum atomic E-state index is 11.8. The number of hydrogen-bond donors (Lipinski definition) is 5. The summed E-state index contributed by atoms with van der Waals surface area (Å²) in [6.45, 7) is 0. The first-order valence-electron chi connectivity index (χ1n) is 6.59. The van der Waals surface area contributed by atoms with E-state index in [9.17, 15) is 19.8 Å². The molecule has 0 aliphatic heterocycles. The molecule has 0 aromatic heterocycles. The normalized spacial score (nSPS) is 16.0. The third kappa shape index (κ3) is 4.51. The monoisotopic (exact) mass is 331 g/mol. The van der Waals surface area contributed by atoms with Crippen molar-refractivity contribution in [1.29, 1.82) is 0 Å². The van der Waals surface area contributed by atoms with Gasteiger partial charge >= 0.3 is 5.97 Å². The minimum absolute atomic E-state index is 0.0188. The molecule has 2 rings (SSSR count). The van der Waals surface area contributed by atoms with Crippen molar-refractivity contribution in [2.24, 2.45) is 0 Å². The lowest BCUT2D eigenvalue weighted by atomic mass is 10.0. The standard InChI is InChI=1S/C13H16N2O5.CH3Cl/c14-13(3-4-13)12(20)15-8(11(18)19)5-7-1-2-9(16)10(17)6-7;1-2/h1-2,6,8,16-17H,3-5,14H2,(H,15,20)(H,18,19);1H3/p+1. The first-order chi connectivity index (χ1) is 10.3. The molecule has 8 heteroatoms. The van der Waals surface area contributed by atoms with Crippen LogP contribution in [0.25, 0.3) is 0 Å². The fourth-order valence-electron chi connectivity index (χ4n) is 1.82. The lowest BCUT2D eigenvalue weighted by Gasteiger charge is -2.16. The van der Waals surface area contributed by atoms with E-state index in [0.717, 1.165) is 0 Å². The van der Waals surface area contributed by atoms with Crippen molar-refractivity contribution in [3.05, 3.63) is 23.8 Å². The van der Waals surface area contributed by atoms with Gasteiger partial charge in [-0.25, -0.2) is 4.79 Å². The number of phenols is 2. The Balaban J connectivity index is 0.00000116. The van der Waals surface area contributed by atoms with E-state index in [1.165, 1.54) is 24.6 Å². The maximum Gasteiger partial charge on any atom is 0.326 e. The number of rotatable bonds is 5. The van der Waals surface area contributed by atoms with E-state index in [4.69, 9.17) is 5.11 Å². The Morgan fingerprint density at radius 2 is 1.91 bits per heavy atom. The number of aliphatic carboxylic acids is 1. The van der Waals surface area contributed by atoms with Crippen LogP contribution in [0.3, 0.4) is 0 Å². The van der Waals surface area contributed by atoms with Crippen molar-refractivity contribution in [2.75, 3.05) is 6.38 Å². The second-order valence-electron chi connectivity index (χ2n) is 5.17. The minimum atomic E-state index is -1.16. The highest BCUT2D eigenvalue weighted by atomic mass is 35.5. The minimum Gasteiger partial charge on any atom is -0.504 e. The van der Waals surface area contributed by atoms with Gasteiger partial charge in [0.1, 0.15) is 6.04 Å². The summed E-state index contributed by atoms with van der Waals surface area (Å²) in [5, 5.41) is 30.2. The second kappa shape index (κ2) is 7.33. The van der Waals surface area contributed by atoms with Crippen LogP contribution < -0.4 is 11.1 Å². The average molecular weight is 332 g/mol. The summed E-state index contributed by atoms with van der Waals surface area (Å²) in [7, 11) is 0. The molecule has 0 saturated heterocycles. The zero-order valence-corrected chi connectivity index (χ0v) is 12.9. The number of carboxylic acids is 1. The number of hydrogen-bond acceptors (Lipinski definition) is 4. The molecular weight excluding hydrogens is 312 g/mol. The van der Waals surface area contributed by atoms with E-state index in [2.05, 4.69) is 22.7 Å². The van der Waals surface area contributed by atoms with Crippen molar-refractivity contribution in [3.8, 4) is 11.5 Å². The summed E-state index contributed by atoms with van der Waals surface area (Å²) >= 11 is 4.64. The van der Waals surface area contributed by atoms with Gasteiger partial charge in [0.25, 0.3) is 5.91 Å². The quantitative estimate of drug-likeness (QED) is 0.377. The SMILES string of the molecule is CCl.[NH3+]C1(C(=O)NC(Cc2ccc(O)c(O)c2)C(=O)O)CC1. The Labute approximate surface area is 132 Å². The highest BCUT2D eigenvalue weighted by molar-refractivity contribution is 6.15. The van der Waals surface area contributed by atoms with E-state index < -0.39 is 17.6 Å². The fourth-order valence-corrected chi connectivity index (χ4v) is 1.82. The third-order valence-electron chi connectivity index (χ3n) is 3.42. The van der Waals surface area contributed by atoms with Crippen molar-refractivity contribution in [1.82, 2.24) is 5.32 Å². The van der Waals surface area contributed by atoms with Gasteiger partial charge in [0, 0.05) is 25.6 Å². The van der Waals surface area contributed by atoms with E-state index in [0.29, 0.717) is 18.4 Å². The smallest absolute Gasteiger partial charge is 0.326 e. The molecule has 122 valence electrons. The van der Waals surface area contributed by atoms with Gasteiger partial charge in [-0.05, 0) is 17.7 Å². The number of halogens is 1. The number of benzene rings is 1. The molecule has 0 radical (unpaired) electrons. The second-order valence-corrected chi connectivity index (χ2v) is 5.17. The molecule has 1 fully saturated rings. The van der Waals surface area contributed by atoms with Crippen LogP contribution in [-0.4, -0.2) is 45.2 Å². The highest BCUT2D eigenvalue weighted by Crippen LogP contribution is 2.30. The van der Waals surface area contributed by atoms with Gasteiger partial charge in [-0.15, -0.1) is 11.6 Å². The number of nitrogens with one attached hydrogen (secondary N) is 1. The van der Waals surface area contributed by atoms with Gasteiger partial charge in [0.15, 0.2) is 17.0 Å². The van der Waals surface area contributed by atoms with Gasteiger partial charge in [-0.1, -0.05) is 6.07 Å². The van der Waals surface area contributed by atoms with Crippen LogP contribution in [0, 0.1) is 0 Å². The van der Waals surface area contributed by atoms with E-state index in [1.54, 1.807) is 0 Å². The molecule has 1 aliphatic carbocycles. The van der Waals surface area contributed by atoms with Crippen molar-refractivity contribution in [2.45, 2.75) is 30.8 Å². The number of carbonyl (C=O) groups excluding carboxylic acids is 1. The van der Waals surface area contributed by atoms with Gasteiger partial charge in [-0.3, -0.25) is 4.79 Å². The molecule has 1 unspecified atom stereocenters. The Hall–Kier alpha value is -1.99. The molecule has 1 aromatic rings. The molecular formula is C14H20ClN2O5+. The molecule has 1 amide bonds. The van der Waals surface area contributed by atoms with Crippen molar-refractivity contribution in [3.63, 3.8) is 0 Å². The summed E-state index contributed by atoms with van der Waals surface area (Å²) in [6, 6.07) is 2.95. The number of alkyl halides is 1. The Morgan fingerprint density at radius 1 is 1.32 bits per heavy atom. The molecule has 1 atom stereocenters. The summed E-state index contributed by atoms with van der Waals surface area (Å²) < 4.78 is 0. The van der Waals surface area contributed by atoms with Crippen molar-refractivity contribution < 1.29 is 30.6 Å². The van der Waals surface area contributed by atoms with Crippen LogP contribution >= 0.6 is 11.6 Å². The van der Waals surface area contributed by atoms with Crippen LogP contribution in [-0.2, 0) is 16.0 Å². The molecule has 7 N–H and O–H groups in total. The molecule has 0 spiro atoms. The molecule has 1 aromatic carbocycles. The van der Waals surface area contributed by atoms with E-state index >= 15 is 0 Å². The number of phenolic OH excluding ortho intramolecular Hbond substituents is 2. The molecule has 0 bridgehead atoms. The molecule has 22 heavy (non-hydrogen) atoms. The van der Waals surface area contributed by atoms with Crippen LogP contribution in [0.5, 0.6) is 11.5 Å². The Kier molecular flexibility index (Phi) is 6.01. The summed E-state index contributed by atoms with van der Waals surface area (Å²) in [5.41, 5.74) is 3.56. The largest absolute Gasteiger partial charge is 0.504 e. The van der Waals surface area contributed by atoms with Crippen molar-refractivity contribution >= 4 is 23.5 Å². The number of quaternary nitrogens is 1. The Bertz CT molecular complexity index is 560. The number of amides is 1. The van der Waals surface area contributed by atoms with Crippen LogP contribution in [0.1, 0.15) is 18.4 Å². The third-order valence-corrected chi connectivity index (χ3v) is 3.42. The Morgan fingerprint density at radius 3 is 2.36 bits per heavy atom. The molecule has 1 saturated carbocycles. The summed E-state index contributed by atoms with van der Waals surface area (Å²) in [4.78, 5) is 23.0. The fraction of sp³-hybridized carbons (Fsp3) is 0.429. The van der Waals surface area contributed by atoms with E-state index in [1.807, 2.05) is 0 Å². The van der Waals surface area contributed by atoms with Crippen LogP contribution in [0.15, 0.2) is 18.2 Å². The van der Waals surface area contributed by atoms with Gasteiger partial charge < -0.3 is 26.4 Å². The van der Waals surface area contributed by atoms with Crippen LogP contribution in [0.4, 0.5) is 0 Å². The number of carbonyl (C=O) groups is 2. The van der Waals surface area contributed by atoms with Crippen LogP contribution in [0.2, 0.25) is 0 Å². The number of carboxylic acid groups (broad SMARTS) is 1. The lowest BCUT2D eigenvalue weighted by Crippen LogP contribution is -2.71. The lowest BCUT2D eigenvalue weighted by molar-refractivity contribution is -0.420. The topological polar surface area (TPSA) is 134 Å². The number of aromatic hydroxyl groups is 2. The van der Waals surface area contributed by atoms with Gasteiger partial charge in [0.2, 0.25) is 0 Å². The first kappa shape index (κ1) is 18.1. The zero-order valence-electron chi connectivity index (χ0n) is 12.2. The van der Waals surface area contributed by atoms with E-state index in [-0.39, 0.29) is 23.8 Å². The zero-order chi connectivity index (χ0) is 16.9. The predicted octanol–water partition coefficient (Wildman–Crippen LogP) is -0.161. The van der Waals surface area contributed by atoms with Gasteiger partial charge in [0.05, 0.1) is 0 Å². The molecule has 1 aliphatic rings.